The topological polar surface area (TPSA) is 188 Å². The zero-order chi connectivity index (χ0) is 31.2. The first-order valence-electron chi connectivity index (χ1n) is 15.4. The minimum Gasteiger partial charge on any atom is -0.389 e. The van der Waals surface area contributed by atoms with Crippen molar-refractivity contribution < 1.29 is 49.6 Å². The van der Waals surface area contributed by atoms with Crippen LogP contribution in [0.15, 0.2) is 60.7 Å². The van der Waals surface area contributed by atoms with Gasteiger partial charge in [0.2, 0.25) is 0 Å². The average molecular weight is 619 g/mol. The van der Waals surface area contributed by atoms with E-state index in [0.717, 1.165) is 24.0 Å². The van der Waals surface area contributed by atoms with Crippen molar-refractivity contribution in [3.05, 3.63) is 71.8 Å². The van der Waals surface area contributed by atoms with E-state index in [9.17, 15) is 30.6 Å². The van der Waals surface area contributed by atoms with E-state index >= 15 is 0 Å². The quantitative estimate of drug-likeness (QED) is 0.178. The molecule has 5 rings (SSSR count). The van der Waals surface area contributed by atoms with Gasteiger partial charge in [0.15, 0.2) is 12.6 Å². The number of aliphatic hydroxyl groups is 6. The van der Waals surface area contributed by atoms with Gasteiger partial charge in [-0.05, 0) is 25.7 Å². The van der Waals surface area contributed by atoms with Crippen LogP contribution in [0.25, 0.3) is 0 Å². The summed E-state index contributed by atoms with van der Waals surface area (Å²) in [5, 5.41) is 66.0. The van der Waals surface area contributed by atoms with Gasteiger partial charge in [0.25, 0.3) is 0 Å². The van der Waals surface area contributed by atoms with E-state index in [4.69, 9.17) is 24.7 Å². The van der Waals surface area contributed by atoms with Crippen LogP contribution in [0.4, 0.5) is 0 Å². The van der Waals surface area contributed by atoms with Gasteiger partial charge in [-0.15, -0.1) is 0 Å². The zero-order valence-corrected chi connectivity index (χ0v) is 24.7. The lowest BCUT2D eigenvalue weighted by atomic mass is 9.89. The molecule has 1 saturated carbocycles. The van der Waals surface area contributed by atoms with Crippen molar-refractivity contribution in [3.63, 3.8) is 0 Å². The monoisotopic (exact) mass is 618 g/mol. The number of benzene rings is 2. The molecule has 8 N–H and O–H groups in total. The first-order valence-corrected chi connectivity index (χ1v) is 15.4. The lowest BCUT2D eigenvalue weighted by Crippen LogP contribution is -2.58. The predicted molar refractivity (Wildman–Crippen MR) is 158 cm³/mol. The zero-order valence-electron chi connectivity index (χ0n) is 24.7. The van der Waals surface area contributed by atoms with Gasteiger partial charge < -0.3 is 55.3 Å². The van der Waals surface area contributed by atoms with Crippen molar-refractivity contribution in [2.45, 2.75) is 99.2 Å². The Morgan fingerprint density at radius 1 is 0.659 bits per heavy atom. The third-order valence-electron chi connectivity index (χ3n) is 8.86. The Hall–Kier alpha value is -2.04. The molecule has 2 aromatic rings. The first-order chi connectivity index (χ1) is 21.2. The van der Waals surface area contributed by atoms with Crippen LogP contribution in [-0.4, -0.2) is 123 Å². The number of hydrogen-bond donors (Lipinski definition) is 7. The normalized spacial score (nSPS) is 34.3. The molecule has 3 aliphatic rings. The van der Waals surface area contributed by atoms with Gasteiger partial charge in [0.05, 0.1) is 25.4 Å². The predicted octanol–water partition coefficient (Wildman–Crippen LogP) is -0.0479. The smallest absolute Gasteiger partial charge is 0.184 e. The highest BCUT2D eigenvalue weighted by molar-refractivity contribution is 5.17. The molecular formula is C32H46N2O10. The maximum absolute atomic E-state index is 11.2. The van der Waals surface area contributed by atoms with Crippen LogP contribution in [0.5, 0.6) is 0 Å². The standard InChI is InChI=1S/C32H46N2O10/c33-21-11-13-22(14-12-21)34(15-23(35)27(39)29-25(37)17-41-31(43-29)19-7-3-1-4-8-19)16-24(36)28(40)30-26(38)18-42-32(44-30)20-9-5-2-6-10-20/h1-10,21-32,35-40H,11-18,33H2/t21?,22?,23-,24?,25?,26?,27-,28?,29?,30?,31?,32?/m0/s1. The molecule has 2 saturated heterocycles. The molecule has 0 spiro atoms. The summed E-state index contributed by atoms with van der Waals surface area (Å²) in [7, 11) is 0. The Bertz CT molecular complexity index is 1050. The number of rotatable bonds is 11. The molecule has 2 heterocycles. The molecule has 0 radical (unpaired) electrons. The van der Waals surface area contributed by atoms with Gasteiger partial charge in [-0.25, -0.2) is 0 Å². The molecule has 244 valence electrons. The van der Waals surface area contributed by atoms with Crippen LogP contribution in [0.1, 0.15) is 49.4 Å². The lowest BCUT2D eigenvalue weighted by molar-refractivity contribution is -0.285. The molecule has 0 aromatic heterocycles. The van der Waals surface area contributed by atoms with Crippen molar-refractivity contribution in [2.24, 2.45) is 5.73 Å². The molecule has 12 heteroatoms. The summed E-state index contributed by atoms with van der Waals surface area (Å²) in [6.07, 6.45) is -8.98. The summed E-state index contributed by atoms with van der Waals surface area (Å²) in [4.78, 5) is 1.83. The van der Waals surface area contributed by atoms with Crippen LogP contribution >= 0.6 is 0 Å². The minimum atomic E-state index is -1.47. The first kappa shape index (κ1) is 33.3. The van der Waals surface area contributed by atoms with E-state index in [1.54, 1.807) is 0 Å². The van der Waals surface area contributed by atoms with Crippen LogP contribution in [0.2, 0.25) is 0 Å². The summed E-state index contributed by atoms with van der Waals surface area (Å²) in [5.41, 5.74) is 7.57. The highest BCUT2D eigenvalue weighted by Gasteiger charge is 2.43. The van der Waals surface area contributed by atoms with Crippen molar-refractivity contribution in [1.29, 1.82) is 0 Å². The van der Waals surface area contributed by atoms with Gasteiger partial charge >= 0.3 is 0 Å². The second-order valence-corrected chi connectivity index (χ2v) is 12.1. The lowest BCUT2D eigenvalue weighted by Gasteiger charge is -2.43. The fourth-order valence-electron chi connectivity index (χ4n) is 6.27. The largest absolute Gasteiger partial charge is 0.389 e. The summed E-state index contributed by atoms with van der Waals surface area (Å²) in [5.74, 6) is 0. The fourth-order valence-corrected chi connectivity index (χ4v) is 6.27. The number of hydrogen-bond acceptors (Lipinski definition) is 12. The summed E-state index contributed by atoms with van der Waals surface area (Å²) in [6.45, 7) is -0.308. The minimum absolute atomic E-state index is 0.0561. The van der Waals surface area contributed by atoms with Crippen LogP contribution in [-0.2, 0) is 18.9 Å². The van der Waals surface area contributed by atoms with Crippen molar-refractivity contribution in [2.75, 3.05) is 26.3 Å². The average Bonchev–Trinajstić information content (AvgIpc) is 3.05. The SMILES string of the molecule is NC1CCC(N(CC(O)C(O)C2OC(c3ccccc3)OCC2O)C[C@H](O)[C@H](O)C2OC(c3ccccc3)OCC2O)CC1. The summed E-state index contributed by atoms with van der Waals surface area (Å²) < 4.78 is 23.0. The highest BCUT2D eigenvalue weighted by atomic mass is 16.7. The van der Waals surface area contributed by atoms with E-state index in [-0.39, 0.29) is 38.4 Å². The van der Waals surface area contributed by atoms with E-state index in [1.165, 1.54) is 0 Å². The van der Waals surface area contributed by atoms with Gasteiger partial charge in [0, 0.05) is 36.3 Å². The van der Waals surface area contributed by atoms with Crippen molar-refractivity contribution in [3.8, 4) is 0 Å². The Morgan fingerprint density at radius 3 is 1.48 bits per heavy atom. The third kappa shape index (κ3) is 8.21. The molecule has 10 atom stereocenters. The molecule has 0 amide bonds. The molecule has 44 heavy (non-hydrogen) atoms. The Labute approximate surface area is 257 Å². The number of ether oxygens (including phenoxy) is 4. The number of nitrogens with two attached hydrogens (primary N) is 1. The molecule has 3 fully saturated rings. The molecule has 2 aromatic carbocycles. The molecule has 2 aliphatic heterocycles. The van der Waals surface area contributed by atoms with Crippen LogP contribution < -0.4 is 5.73 Å². The molecule has 8 unspecified atom stereocenters. The molecular weight excluding hydrogens is 572 g/mol. The second-order valence-electron chi connectivity index (χ2n) is 12.1. The Morgan fingerprint density at radius 2 is 1.07 bits per heavy atom. The third-order valence-corrected chi connectivity index (χ3v) is 8.86. The molecule has 0 bridgehead atoms. The van der Waals surface area contributed by atoms with Gasteiger partial charge in [0.1, 0.15) is 36.6 Å². The van der Waals surface area contributed by atoms with Gasteiger partial charge in [-0.1, -0.05) is 60.7 Å². The fraction of sp³-hybridized carbons (Fsp3) is 0.625. The van der Waals surface area contributed by atoms with E-state index in [0.29, 0.717) is 12.8 Å². The van der Waals surface area contributed by atoms with Gasteiger partial charge in [-0.2, -0.15) is 0 Å². The number of aliphatic hydroxyl groups excluding tert-OH is 6. The van der Waals surface area contributed by atoms with Crippen LogP contribution in [0.3, 0.4) is 0 Å². The summed E-state index contributed by atoms with van der Waals surface area (Å²) in [6, 6.07) is 18.2. The maximum atomic E-state index is 11.2. The summed E-state index contributed by atoms with van der Waals surface area (Å²) >= 11 is 0. The van der Waals surface area contributed by atoms with E-state index < -0.39 is 61.4 Å². The van der Waals surface area contributed by atoms with E-state index in [1.807, 2.05) is 65.6 Å². The molecule has 1 aliphatic carbocycles. The van der Waals surface area contributed by atoms with Crippen LogP contribution in [0, 0.1) is 0 Å². The van der Waals surface area contributed by atoms with Gasteiger partial charge in [-0.3, -0.25) is 4.90 Å². The second kappa shape index (κ2) is 15.5. The van der Waals surface area contributed by atoms with Crippen molar-refractivity contribution >= 4 is 0 Å². The highest BCUT2D eigenvalue weighted by Crippen LogP contribution is 2.31. The van der Waals surface area contributed by atoms with Crippen molar-refractivity contribution in [1.82, 2.24) is 4.90 Å². The molecule has 12 nitrogen and oxygen atoms in total. The maximum Gasteiger partial charge on any atom is 0.184 e. The van der Waals surface area contributed by atoms with E-state index in [2.05, 4.69) is 0 Å². The Balaban J connectivity index is 1.25. The Kier molecular flexibility index (Phi) is 11.7. The number of nitrogens with zero attached hydrogens (tertiary/aromatic N) is 1.